The van der Waals surface area contributed by atoms with Crippen molar-refractivity contribution < 1.29 is 4.42 Å². The predicted molar refractivity (Wildman–Crippen MR) is 82.7 cm³/mol. The van der Waals surface area contributed by atoms with E-state index in [-0.39, 0.29) is 0 Å². The lowest BCUT2D eigenvalue weighted by atomic mass is 10.0. The Bertz CT molecular complexity index is 755. The smallest absolute Gasteiger partial charge is 0.227 e. The first-order valence-corrected chi connectivity index (χ1v) is 6.81. The van der Waals surface area contributed by atoms with Crippen LogP contribution in [0, 0.1) is 6.92 Å². The Balaban J connectivity index is 2.08. The van der Waals surface area contributed by atoms with Gasteiger partial charge >= 0.3 is 0 Å². The summed E-state index contributed by atoms with van der Waals surface area (Å²) in [7, 11) is 0. The van der Waals surface area contributed by atoms with Crippen molar-refractivity contribution in [2.45, 2.75) is 26.7 Å². The highest BCUT2D eigenvalue weighted by Gasteiger charge is 2.11. The van der Waals surface area contributed by atoms with Gasteiger partial charge in [-0.15, -0.1) is 0 Å². The molecule has 0 saturated carbocycles. The van der Waals surface area contributed by atoms with Gasteiger partial charge in [-0.1, -0.05) is 26.0 Å². The molecule has 0 aliphatic rings. The van der Waals surface area contributed by atoms with Crippen molar-refractivity contribution >= 4 is 16.8 Å². The third-order valence-corrected chi connectivity index (χ3v) is 3.52. The summed E-state index contributed by atoms with van der Waals surface area (Å²) in [4.78, 5) is 4.53. The van der Waals surface area contributed by atoms with Crippen LogP contribution < -0.4 is 5.73 Å². The molecule has 3 aromatic rings. The fourth-order valence-electron chi connectivity index (χ4n) is 2.36. The van der Waals surface area contributed by atoms with E-state index in [9.17, 15) is 0 Å². The van der Waals surface area contributed by atoms with E-state index in [4.69, 9.17) is 10.2 Å². The Morgan fingerprint density at radius 1 is 1.10 bits per heavy atom. The molecular formula is C17H18N2O. The molecule has 0 saturated heterocycles. The van der Waals surface area contributed by atoms with E-state index < -0.39 is 0 Å². The van der Waals surface area contributed by atoms with Crippen molar-refractivity contribution in [2.24, 2.45) is 0 Å². The van der Waals surface area contributed by atoms with Crippen LogP contribution in [0.5, 0.6) is 0 Å². The van der Waals surface area contributed by atoms with Crippen LogP contribution >= 0.6 is 0 Å². The average Bonchev–Trinajstić information content (AvgIpc) is 2.83. The summed E-state index contributed by atoms with van der Waals surface area (Å²) < 4.78 is 5.87. The molecule has 0 atom stereocenters. The third-order valence-electron chi connectivity index (χ3n) is 3.52. The van der Waals surface area contributed by atoms with Crippen LogP contribution in [0.15, 0.2) is 40.8 Å². The minimum atomic E-state index is 0.523. The number of nitrogens with zero attached hydrogens (tertiary/aromatic N) is 1. The average molecular weight is 266 g/mol. The summed E-state index contributed by atoms with van der Waals surface area (Å²) in [6.45, 7) is 6.34. The number of nitrogens with two attached hydrogens (primary N) is 1. The fourth-order valence-corrected chi connectivity index (χ4v) is 2.36. The van der Waals surface area contributed by atoms with Gasteiger partial charge in [-0.2, -0.15) is 0 Å². The van der Waals surface area contributed by atoms with Gasteiger partial charge < -0.3 is 10.2 Å². The lowest BCUT2D eigenvalue weighted by molar-refractivity contribution is 0.617. The molecule has 102 valence electrons. The SMILES string of the molecule is Cc1cc(N)cc2nc(-c3ccc(C(C)C)cc3)oc12. The molecule has 0 aliphatic heterocycles. The van der Waals surface area contributed by atoms with Crippen molar-refractivity contribution in [1.82, 2.24) is 4.98 Å². The monoisotopic (exact) mass is 266 g/mol. The van der Waals surface area contributed by atoms with Gasteiger partial charge in [0.1, 0.15) is 5.52 Å². The van der Waals surface area contributed by atoms with E-state index in [1.165, 1.54) is 5.56 Å². The largest absolute Gasteiger partial charge is 0.436 e. The summed E-state index contributed by atoms with van der Waals surface area (Å²) in [5.41, 5.74) is 11.5. The molecule has 0 spiro atoms. The normalized spacial score (nSPS) is 11.4. The molecule has 0 aliphatic carbocycles. The molecule has 3 nitrogen and oxygen atoms in total. The molecule has 0 bridgehead atoms. The maximum absolute atomic E-state index is 5.87. The van der Waals surface area contributed by atoms with Gasteiger partial charge in [0.05, 0.1) is 0 Å². The summed E-state index contributed by atoms with van der Waals surface area (Å²) in [6.07, 6.45) is 0. The standard InChI is InChI=1S/C17H18N2O/c1-10(2)12-4-6-13(7-5-12)17-19-15-9-14(18)8-11(3)16(15)20-17/h4-10H,18H2,1-3H3. The Kier molecular flexibility index (Phi) is 2.97. The topological polar surface area (TPSA) is 52.0 Å². The van der Waals surface area contributed by atoms with Gasteiger partial charge in [0.15, 0.2) is 5.58 Å². The van der Waals surface area contributed by atoms with E-state index >= 15 is 0 Å². The number of anilines is 1. The zero-order valence-corrected chi connectivity index (χ0v) is 12.0. The third kappa shape index (κ3) is 2.16. The first kappa shape index (κ1) is 12.7. The Labute approximate surface area is 118 Å². The van der Waals surface area contributed by atoms with E-state index in [0.29, 0.717) is 17.5 Å². The summed E-state index contributed by atoms with van der Waals surface area (Å²) in [5.74, 6) is 1.17. The van der Waals surface area contributed by atoms with Gasteiger partial charge in [0.25, 0.3) is 0 Å². The van der Waals surface area contributed by atoms with Crippen LogP contribution in [0.2, 0.25) is 0 Å². The number of oxazole rings is 1. The highest BCUT2D eigenvalue weighted by atomic mass is 16.3. The molecule has 3 rings (SSSR count). The van der Waals surface area contributed by atoms with Gasteiger partial charge in [-0.05, 0) is 48.2 Å². The molecule has 0 fully saturated rings. The molecule has 2 aromatic carbocycles. The second-order valence-electron chi connectivity index (χ2n) is 5.48. The maximum Gasteiger partial charge on any atom is 0.227 e. The molecule has 20 heavy (non-hydrogen) atoms. The molecule has 0 unspecified atom stereocenters. The van der Waals surface area contributed by atoms with E-state index in [1.54, 1.807) is 0 Å². The van der Waals surface area contributed by atoms with Crippen molar-refractivity contribution in [3.8, 4) is 11.5 Å². The number of benzene rings is 2. The van der Waals surface area contributed by atoms with Crippen molar-refractivity contribution in [3.63, 3.8) is 0 Å². The first-order chi connectivity index (χ1) is 9.54. The molecule has 1 heterocycles. The van der Waals surface area contributed by atoms with Crippen molar-refractivity contribution in [1.29, 1.82) is 0 Å². The molecular weight excluding hydrogens is 248 g/mol. The first-order valence-electron chi connectivity index (χ1n) is 6.81. The zero-order chi connectivity index (χ0) is 14.3. The summed E-state index contributed by atoms with van der Waals surface area (Å²) >= 11 is 0. The van der Waals surface area contributed by atoms with Gasteiger partial charge in [-0.25, -0.2) is 4.98 Å². The van der Waals surface area contributed by atoms with E-state index in [1.807, 2.05) is 19.1 Å². The lowest BCUT2D eigenvalue weighted by Gasteiger charge is -2.04. The van der Waals surface area contributed by atoms with Crippen molar-refractivity contribution in [2.75, 3.05) is 5.73 Å². The second kappa shape index (κ2) is 4.67. The van der Waals surface area contributed by atoms with Gasteiger partial charge in [0.2, 0.25) is 5.89 Å². The number of hydrogen-bond acceptors (Lipinski definition) is 3. The van der Waals surface area contributed by atoms with Crippen LogP contribution in [-0.2, 0) is 0 Å². The number of aromatic nitrogens is 1. The van der Waals surface area contributed by atoms with Crippen LogP contribution in [0.3, 0.4) is 0 Å². The summed E-state index contributed by atoms with van der Waals surface area (Å²) in [6, 6.07) is 12.1. The van der Waals surface area contributed by atoms with E-state index in [2.05, 4.69) is 43.1 Å². The number of aryl methyl sites for hydroxylation is 1. The fraction of sp³-hybridized carbons (Fsp3) is 0.235. The Morgan fingerprint density at radius 3 is 2.45 bits per heavy atom. The van der Waals surface area contributed by atoms with Gasteiger partial charge in [0, 0.05) is 11.3 Å². The predicted octanol–water partition coefficient (Wildman–Crippen LogP) is 4.51. The Morgan fingerprint density at radius 2 is 1.80 bits per heavy atom. The highest BCUT2D eigenvalue weighted by Crippen LogP contribution is 2.28. The Hall–Kier alpha value is -2.29. The zero-order valence-electron chi connectivity index (χ0n) is 12.0. The van der Waals surface area contributed by atoms with Crippen LogP contribution in [0.4, 0.5) is 5.69 Å². The van der Waals surface area contributed by atoms with E-state index in [0.717, 1.165) is 22.2 Å². The molecule has 0 amide bonds. The second-order valence-corrected chi connectivity index (χ2v) is 5.48. The summed E-state index contributed by atoms with van der Waals surface area (Å²) in [5, 5.41) is 0. The van der Waals surface area contributed by atoms with Crippen LogP contribution in [0.1, 0.15) is 30.9 Å². The quantitative estimate of drug-likeness (QED) is 0.694. The molecule has 2 N–H and O–H groups in total. The number of fused-ring (bicyclic) bond motifs is 1. The minimum absolute atomic E-state index is 0.523. The highest BCUT2D eigenvalue weighted by molar-refractivity contribution is 5.82. The molecule has 1 aromatic heterocycles. The minimum Gasteiger partial charge on any atom is -0.436 e. The molecule has 0 radical (unpaired) electrons. The number of rotatable bonds is 2. The number of hydrogen-bond donors (Lipinski definition) is 1. The lowest BCUT2D eigenvalue weighted by Crippen LogP contribution is -1.86. The van der Waals surface area contributed by atoms with Gasteiger partial charge in [-0.3, -0.25) is 0 Å². The van der Waals surface area contributed by atoms with Crippen LogP contribution in [-0.4, -0.2) is 4.98 Å². The van der Waals surface area contributed by atoms with Crippen molar-refractivity contribution in [3.05, 3.63) is 47.5 Å². The number of nitrogen functional groups attached to an aromatic ring is 1. The maximum atomic E-state index is 5.87. The molecule has 3 heteroatoms. The van der Waals surface area contributed by atoms with Crippen LogP contribution in [0.25, 0.3) is 22.6 Å².